The molecule has 0 spiro atoms. The second kappa shape index (κ2) is 1.55. The zero-order valence-corrected chi connectivity index (χ0v) is 3.81. The molecular weight excluding hydrogens is 90.1 g/mol. The third kappa shape index (κ3) is 0.855. The molecule has 3 nitrogen and oxygen atoms in total. The van der Waals surface area contributed by atoms with Gasteiger partial charge in [0.25, 0.3) is 0 Å². The molecule has 3 heteroatoms. The highest BCUT2D eigenvalue weighted by Gasteiger charge is 1.84. The molecule has 0 atom stereocenters. The van der Waals surface area contributed by atoms with Crippen molar-refractivity contribution in [3.63, 3.8) is 0 Å². The summed E-state index contributed by atoms with van der Waals surface area (Å²) in [6.07, 6.45) is 5.17. The second-order valence-corrected chi connectivity index (χ2v) is 1.24. The van der Waals surface area contributed by atoms with Crippen molar-refractivity contribution in [1.82, 2.24) is 10.6 Å². The van der Waals surface area contributed by atoms with Crippen LogP contribution in [-0.4, -0.2) is 0 Å². The minimum Gasteiger partial charge on any atom is -0.384 e. The summed E-state index contributed by atoms with van der Waals surface area (Å²) in [6.45, 7) is 0. The SMILES string of the molecule is NC1=CNC=CN1. The number of nitrogens with one attached hydrogen (secondary N) is 2. The smallest absolute Gasteiger partial charge is 0.117 e. The normalized spacial score (nSPS) is 16.9. The third-order valence-corrected chi connectivity index (χ3v) is 0.668. The number of nitrogens with two attached hydrogens (primary N) is 1. The fourth-order valence-electron chi connectivity index (χ4n) is 0.366. The standard InChI is InChI=1S/C4H7N3/c5-4-3-6-1-2-7-4/h1-3,6-7H,5H2. The lowest BCUT2D eigenvalue weighted by molar-refractivity contribution is 0.935. The van der Waals surface area contributed by atoms with Crippen LogP contribution in [-0.2, 0) is 0 Å². The maximum Gasteiger partial charge on any atom is 0.117 e. The molecule has 0 fully saturated rings. The summed E-state index contributed by atoms with van der Waals surface area (Å²) in [5.74, 6) is 0.641. The maximum absolute atomic E-state index is 5.27. The molecule has 0 bridgehead atoms. The van der Waals surface area contributed by atoms with Gasteiger partial charge in [-0.15, -0.1) is 0 Å². The van der Waals surface area contributed by atoms with Gasteiger partial charge in [-0.3, -0.25) is 0 Å². The maximum atomic E-state index is 5.27. The Labute approximate surface area is 41.9 Å². The Balaban J connectivity index is 2.50. The molecule has 1 heterocycles. The first-order chi connectivity index (χ1) is 3.39. The Morgan fingerprint density at radius 1 is 1.43 bits per heavy atom. The molecule has 0 unspecified atom stereocenters. The van der Waals surface area contributed by atoms with Crippen LogP contribution in [0.4, 0.5) is 0 Å². The largest absolute Gasteiger partial charge is 0.384 e. The van der Waals surface area contributed by atoms with E-state index in [9.17, 15) is 0 Å². The molecule has 0 radical (unpaired) electrons. The first-order valence-electron chi connectivity index (χ1n) is 2.03. The van der Waals surface area contributed by atoms with Crippen molar-refractivity contribution >= 4 is 0 Å². The lowest BCUT2D eigenvalue weighted by Gasteiger charge is -2.03. The number of hydrogen-bond donors (Lipinski definition) is 3. The van der Waals surface area contributed by atoms with Gasteiger partial charge in [-0.1, -0.05) is 0 Å². The Morgan fingerprint density at radius 3 is 2.57 bits per heavy atom. The van der Waals surface area contributed by atoms with Gasteiger partial charge in [0, 0.05) is 18.6 Å². The molecule has 0 aromatic heterocycles. The molecule has 0 saturated carbocycles. The molecule has 0 aromatic carbocycles. The molecule has 0 saturated heterocycles. The molecule has 0 aliphatic carbocycles. The van der Waals surface area contributed by atoms with Gasteiger partial charge in [0.05, 0.1) is 0 Å². The van der Waals surface area contributed by atoms with Crippen LogP contribution in [0.25, 0.3) is 0 Å². The fourth-order valence-corrected chi connectivity index (χ4v) is 0.366. The minimum absolute atomic E-state index is 0.641. The average Bonchev–Trinajstić information content (AvgIpc) is 1.69. The number of rotatable bonds is 0. The van der Waals surface area contributed by atoms with Gasteiger partial charge in [0.15, 0.2) is 0 Å². The van der Waals surface area contributed by atoms with E-state index in [-0.39, 0.29) is 0 Å². The van der Waals surface area contributed by atoms with E-state index in [1.165, 1.54) is 0 Å². The summed E-state index contributed by atoms with van der Waals surface area (Å²) in [5.41, 5.74) is 5.27. The summed E-state index contributed by atoms with van der Waals surface area (Å²) in [5, 5.41) is 5.58. The lowest BCUT2D eigenvalue weighted by atomic mass is 10.6. The van der Waals surface area contributed by atoms with Crippen molar-refractivity contribution in [3.8, 4) is 0 Å². The summed E-state index contributed by atoms with van der Waals surface area (Å²) in [4.78, 5) is 0. The molecule has 0 amide bonds. The van der Waals surface area contributed by atoms with E-state index in [4.69, 9.17) is 5.73 Å². The Hall–Kier alpha value is -1.12. The average molecular weight is 97.1 g/mol. The monoisotopic (exact) mass is 97.1 g/mol. The van der Waals surface area contributed by atoms with Crippen LogP contribution in [0.2, 0.25) is 0 Å². The van der Waals surface area contributed by atoms with Crippen molar-refractivity contribution in [2.24, 2.45) is 5.73 Å². The van der Waals surface area contributed by atoms with E-state index >= 15 is 0 Å². The van der Waals surface area contributed by atoms with Gasteiger partial charge in [0.1, 0.15) is 5.82 Å². The molecule has 0 aromatic rings. The van der Waals surface area contributed by atoms with Crippen LogP contribution in [0.3, 0.4) is 0 Å². The Kier molecular flexibility index (Phi) is 0.898. The molecule has 38 valence electrons. The van der Waals surface area contributed by atoms with E-state index in [1.54, 1.807) is 18.6 Å². The fraction of sp³-hybridized carbons (Fsp3) is 0. The van der Waals surface area contributed by atoms with E-state index in [0.717, 1.165) is 0 Å². The van der Waals surface area contributed by atoms with Crippen molar-refractivity contribution in [3.05, 3.63) is 24.4 Å². The second-order valence-electron chi connectivity index (χ2n) is 1.24. The van der Waals surface area contributed by atoms with Crippen LogP contribution >= 0.6 is 0 Å². The van der Waals surface area contributed by atoms with E-state index in [2.05, 4.69) is 10.6 Å². The predicted octanol–water partition coefficient (Wildman–Crippen LogP) is -0.592. The highest BCUT2D eigenvalue weighted by atomic mass is 15.0. The van der Waals surface area contributed by atoms with E-state index < -0.39 is 0 Å². The zero-order chi connectivity index (χ0) is 5.11. The van der Waals surface area contributed by atoms with Crippen LogP contribution in [0.15, 0.2) is 24.4 Å². The van der Waals surface area contributed by atoms with Crippen molar-refractivity contribution in [2.75, 3.05) is 0 Å². The molecule has 1 rings (SSSR count). The molecule has 7 heavy (non-hydrogen) atoms. The van der Waals surface area contributed by atoms with Crippen LogP contribution in [0.5, 0.6) is 0 Å². The highest BCUT2D eigenvalue weighted by molar-refractivity contribution is 5.04. The Bertz CT molecular complexity index is 114. The predicted molar refractivity (Wildman–Crippen MR) is 27.7 cm³/mol. The minimum atomic E-state index is 0.641. The van der Waals surface area contributed by atoms with Gasteiger partial charge in [-0.2, -0.15) is 0 Å². The van der Waals surface area contributed by atoms with Gasteiger partial charge in [-0.05, 0) is 0 Å². The van der Waals surface area contributed by atoms with Crippen LogP contribution < -0.4 is 16.4 Å². The van der Waals surface area contributed by atoms with Crippen molar-refractivity contribution in [2.45, 2.75) is 0 Å². The summed E-state index contributed by atoms with van der Waals surface area (Å²) < 4.78 is 0. The molecule has 1 aliphatic rings. The van der Waals surface area contributed by atoms with Crippen LogP contribution in [0.1, 0.15) is 0 Å². The molecule has 4 N–H and O–H groups in total. The zero-order valence-electron chi connectivity index (χ0n) is 3.81. The molecular formula is C4H7N3. The van der Waals surface area contributed by atoms with Crippen LogP contribution in [0, 0.1) is 0 Å². The highest BCUT2D eigenvalue weighted by Crippen LogP contribution is 1.78. The summed E-state index contributed by atoms with van der Waals surface area (Å²) in [6, 6.07) is 0. The van der Waals surface area contributed by atoms with Gasteiger partial charge >= 0.3 is 0 Å². The van der Waals surface area contributed by atoms with E-state index in [0.29, 0.717) is 5.82 Å². The third-order valence-electron chi connectivity index (χ3n) is 0.668. The first-order valence-corrected chi connectivity index (χ1v) is 2.03. The van der Waals surface area contributed by atoms with Gasteiger partial charge < -0.3 is 16.4 Å². The first kappa shape index (κ1) is 4.05. The number of hydrogen-bond acceptors (Lipinski definition) is 3. The van der Waals surface area contributed by atoms with E-state index in [1.807, 2.05) is 0 Å². The molecule has 1 aliphatic heterocycles. The lowest BCUT2D eigenvalue weighted by Crippen LogP contribution is -2.20. The Morgan fingerprint density at radius 2 is 2.29 bits per heavy atom. The van der Waals surface area contributed by atoms with Gasteiger partial charge in [-0.25, -0.2) is 0 Å². The topological polar surface area (TPSA) is 50.1 Å². The summed E-state index contributed by atoms with van der Waals surface area (Å²) >= 11 is 0. The van der Waals surface area contributed by atoms with Crippen molar-refractivity contribution in [1.29, 1.82) is 0 Å². The summed E-state index contributed by atoms with van der Waals surface area (Å²) in [7, 11) is 0. The quantitative estimate of drug-likeness (QED) is 0.378. The van der Waals surface area contributed by atoms with Crippen molar-refractivity contribution < 1.29 is 0 Å². The van der Waals surface area contributed by atoms with Gasteiger partial charge in [0.2, 0.25) is 0 Å².